The Balaban J connectivity index is 1.64. The first-order chi connectivity index (χ1) is 11.1. The lowest BCUT2D eigenvalue weighted by Crippen LogP contribution is -2.26. The smallest absolute Gasteiger partial charge is 0.253 e. The van der Waals surface area contributed by atoms with Crippen molar-refractivity contribution in [1.82, 2.24) is 30.1 Å². The fraction of sp³-hybridized carbons (Fsp3) is 0.267. The molecule has 0 saturated heterocycles. The van der Waals surface area contributed by atoms with Gasteiger partial charge < -0.3 is 4.90 Å². The molecule has 0 spiro atoms. The highest BCUT2D eigenvalue weighted by molar-refractivity contribution is 7.09. The first-order valence-corrected chi connectivity index (χ1v) is 7.96. The van der Waals surface area contributed by atoms with Crippen LogP contribution in [0.2, 0.25) is 0 Å². The van der Waals surface area contributed by atoms with Crippen LogP contribution in [0, 0.1) is 6.92 Å². The zero-order valence-electron chi connectivity index (χ0n) is 12.9. The summed E-state index contributed by atoms with van der Waals surface area (Å²) in [5.41, 5.74) is 2.60. The molecule has 0 saturated carbocycles. The van der Waals surface area contributed by atoms with Crippen LogP contribution in [0.3, 0.4) is 0 Å². The summed E-state index contributed by atoms with van der Waals surface area (Å²) in [5, 5.41) is 14.0. The third kappa shape index (κ3) is 3.78. The molecule has 0 aliphatic heterocycles. The Hall–Kier alpha value is -2.61. The van der Waals surface area contributed by atoms with Crippen molar-refractivity contribution in [2.45, 2.75) is 20.0 Å². The van der Waals surface area contributed by atoms with E-state index >= 15 is 0 Å². The molecule has 0 N–H and O–H groups in total. The Labute approximate surface area is 137 Å². The number of aromatic nitrogens is 5. The van der Waals surface area contributed by atoms with E-state index in [1.165, 1.54) is 0 Å². The van der Waals surface area contributed by atoms with Crippen LogP contribution >= 0.6 is 11.3 Å². The fourth-order valence-corrected chi connectivity index (χ4v) is 2.81. The van der Waals surface area contributed by atoms with Crippen molar-refractivity contribution in [3.63, 3.8) is 0 Å². The molecular weight excluding hydrogens is 312 g/mol. The van der Waals surface area contributed by atoms with Gasteiger partial charge in [-0.3, -0.25) is 4.79 Å². The minimum atomic E-state index is -0.0235. The van der Waals surface area contributed by atoms with E-state index in [0.29, 0.717) is 18.7 Å². The first-order valence-electron chi connectivity index (χ1n) is 7.08. The monoisotopic (exact) mass is 328 g/mol. The maximum atomic E-state index is 12.4. The van der Waals surface area contributed by atoms with Crippen LogP contribution in [0.25, 0.3) is 0 Å². The summed E-state index contributed by atoms with van der Waals surface area (Å²) in [6, 6.07) is 7.47. The lowest BCUT2D eigenvalue weighted by Gasteiger charge is -2.16. The predicted octanol–water partition coefficient (Wildman–Crippen LogP) is 1.76. The summed E-state index contributed by atoms with van der Waals surface area (Å²) in [6.07, 6.45) is 1.56. The topological polar surface area (TPSA) is 76.8 Å². The third-order valence-corrected chi connectivity index (χ3v) is 4.17. The second-order valence-electron chi connectivity index (χ2n) is 5.22. The van der Waals surface area contributed by atoms with Crippen LogP contribution in [-0.4, -0.2) is 43.0 Å². The maximum Gasteiger partial charge on any atom is 0.253 e. The van der Waals surface area contributed by atoms with Gasteiger partial charge in [-0.15, -0.1) is 16.4 Å². The lowest BCUT2D eigenvalue weighted by molar-refractivity contribution is 0.0783. The fourth-order valence-electron chi connectivity index (χ4n) is 2.21. The number of benzene rings is 1. The molecule has 0 fully saturated rings. The van der Waals surface area contributed by atoms with Gasteiger partial charge in [0.05, 0.1) is 23.8 Å². The minimum absolute atomic E-state index is 0.0235. The molecule has 1 aromatic carbocycles. The van der Waals surface area contributed by atoms with Gasteiger partial charge >= 0.3 is 0 Å². The normalized spacial score (nSPS) is 10.7. The second kappa shape index (κ2) is 6.66. The minimum Gasteiger partial charge on any atom is -0.336 e. The molecule has 2 heterocycles. The van der Waals surface area contributed by atoms with E-state index in [4.69, 9.17) is 0 Å². The highest BCUT2D eigenvalue weighted by atomic mass is 32.1. The van der Waals surface area contributed by atoms with Crippen molar-refractivity contribution < 1.29 is 4.79 Å². The van der Waals surface area contributed by atoms with Crippen LogP contribution in [0.15, 0.2) is 36.0 Å². The van der Waals surface area contributed by atoms with E-state index in [1.807, 2.05) is 36.6 Å². The maximum absolute atomic E-state index is 12.4. The van der Waals surface area contributed by atoms with E-state index in [1.54, 1.807) is 34.3 Å². The Bertz CT molecular complexity index is 781. The van der Waals surface area contributed by atoms with E-state index < -0.39 is 0 Å². The summed E-state index contributed by atoms with van der Waals surface area (Å²) < 4.78 is 1.63. The Morgan fingerprint density at radius 1 is 1.30 bits per heavy atom. The Morgan fingerprint density at radius 2 is 2.09 bits per heavy atom. The van der Waals surface area contributed by atoms with E-state index in [-0.39, 0.29) is 5.91 Å². The van der Waals surface area contributed by atoms with Crippen molar-refractivity contribution in [3.05, 3.63) is 57.8 Å². The number of hydrogen-bond acceptors (Lipinski definition) is 6. The number of carbonyl (C=O) groups excluding carboxylic acids is 1. The molecule has 0 atom stereocenters. The van der Waals surface area contributed by atoms with Crippen LogP contribution in [0.1, 0.15) is 26.6 Å². The standard InChI is InChI=1S/C15H16N6OS/c1-11-17-14(9-23-11)8-20(2)15(22)13-5-3-12(4-6-13)7-21-10-16-18-19-21/h3-6,9-10H,7-8H2,1-2H3. The van der Waals surface area contributed by atoms with Gasteiger partial charge in [0, 0.05) is 18.0 Å². The van der Waals surface area contributed by atoms with E-state index in [0.717, 1.165) is 16.3 Å². The van der Waals surface area contributed by atoms with Crippen molar-refractivity contribution >= 4 is 17.2 Å². The summed E-state index contributed by atoms with van der Waals surface area (Å²) in [7, 11) is 1.78. The highest BCUT2D eigenvalue weighted by Crippen LogP contribution is 2.13. The van der Waals surface area contributed by atoms with Crippen molar-refractivity contribution in [3.8, 4) is 0 Å². The second-order valence-corrected chi connectivity index (χ2v) is 6.29. The quantitative estimate of drug-likeness (QED) is 0.713. The van der Waals surface area contributed by atoms with Crippen LogP contribution < -0.4 is 0 Å². The number of thiazole rings is 1. The number of hydrogen-bond donors (Lipinski definition) is 0. The molecule has 0 aliphatic rings. The number of tetrazole rings is 1. The van der Waals surface area contributed by atoms with Gasteiger partial charge in [-0.25, -0.2) is 9.67 Å². The predicted molar refractivity (Wildman–Crippen MR) is 86.0 cm³/mol. The van der Waals surface area contributed by atoms with Crippen molar-refractivity contribution in [1.29, 1.82) is 0 Å². The van der Waals surface area contributed by atoms with Gasteiger partial charge in [-0.2, -0.15) is 0 Å². The first kappa shape index (κ1) is 15.3. The Morgan fingerprint density at radius 3 is 2.70 bits per heavy atom. The summed E-state index contributed by atoms with van der Waals surface area (Å²) >= 11 is 1.59. The molecule has 1 amide bonds. The summed E-state index contributed by atoms with van der Waals surface area (Å²) in [5.74, 6) is -0.0235. The number of rotatable bonds is 5. The molecule has 3 aromatic rings. The lowest BCUT2D eigenvalue weighted by atomic mass is 10.1. The SMILES string of the molecule is Cc1nc(CN(C)C(=O)c2ccc(Cn3cnnn3)cc2)cs1. The van der Waals surface area contributed by atoms with Gasteiger partial charge in [-0.05, 0) is 35.0 Å². The molecule has 118 valence electrons. The third-order valence-electron chi connectivity index (χ3n) is 3.35. The summed E-state index contributed by atoms with van der Waals surface area (Å²) in [6.45, 7) is 3.05. The Kier molecular flexibility index (Phi) is 4.42. The zero-order valence-corrected chi connectivity index (χ0v) is 13.7. The largest absolute Gasteiger partial charge is 0.336 e. The molecular formula is C15H16N6OS. The molecule has 3 rings (SSSR count). The van der Waals surface area contributed by atoms with Crippen molar-refractivity contribution in [2.24, 2.45) is 0 Å². The number of amides is 1. The average Bonchev–Trinajstić information content (AvgIpc) is 3.19. The molecule has 0 radical (unpaired) electrons. The van der Waals surface area contributed by atoms with Crippen LogP contribution in [0.4, 0.5) is 0 Å². The van der Waals surface area contributed by atoms with E-state index in [2.05, 4.69) is 20.5 Å². The molecule has 0 bridgehead atoms. The van der Waals surface area contributed by atoms with Gasteiger partial charge in [0.25, 0.3) is 5.91 Å². The number of aryl methyl sites for hydroxylation is 1. The zero-order chi connectivity index (χ0) is 16.2. The number of carbonyl (C=O) groups is 1. The summed E-state index contributed by atoms with van der Waals surface area (Å²) in [4.78, 5) is 18.5. The van der Waals surface area contributed by atoms with E-state index in [9.17, 15) is 4.79 Å². The van der Waals surface area contributed by atoms with Gasteiger partial charge in [0.1, 0.15) is 6.33 Å². The van der Waals surface area contributed by atoms with Crippen LogP contribution in [0.5, 0.6) is 0 Å². The molecule has 7 nitrogen and oxygen atoms in total. The van der Waals surface area contributed by atoms with Gasteiger partial charge in [0.2, 0.25) is 0 Å². The van der Waals surface area contributed by atoms with Crippen molar-refractivity contribution in [2.75, 3.05) is 7.05 Å². The van der Waals surface area contributed by atoms with Gasteiger partial charge in [-0.1, -0.05) is 12.1 Å². The highest BCUT2D eigenvalue weighted by Gasteiger charge is 2.13. The molecule has 0 aliphatic carbocycles. The molecule has 2 aromatic heterocycles. The molecule has 0 unspecified atom stereocenters. The molecule has 8 heteroatoms. The molecule has 23 heavy (non-hydrogen) atoms. The van der Waals surface area contributed by atoms with Crippen LogP contribution in [-0.2, 0) is 13.1 Å². The average molecular weight is 328 g/mol. The van der Waals surface area contributed by atoms with Gasteiger partial charge in [0.15, 0.2) is 0 Å². The number of nitrogens with zero attached hydrogens (tertiary/aromatic N) is 6.